The fraction of sp³-hybridized carbons (Fsp3) is 0.500. The van der Waals surface area contributed by atoms with Crippen LogP contribution in [0.2, 0.25) is 0 Å². The van der Waals surface area contributed by atoms with Crippen LogP contribution in [0, 0.1) is 0 Å². The molecule has 48 valence electrons. The second-order valence-electron chi connectivity index (χ2n) is 2.37. The minimum Gasteiger partial charge on any atom is -0.276 e. The maximum atomic E-state index is 4.23. The van der Waals surface area contributed by atoms with Gasteiger partial charge in [0, 0.05) is 18.3 Å². The standard InChI is InChI=1S/C6H7IN2/c7-9-4-3-8-6(9)5-1-2-5/h3-5H,1-2H2. The Morgan fingerprint density at radius 3 is 2.89 bits per heavy atom. The Hall–Kier alpha value is -0.0600. The quantitative estimate of drug-likeness (QED) is 0.679. The first kappa shape index (κ1) is 5.70. The minimum atomic E-state index is 0.775. The fourth-order valence-corrected chi connectivity index (χ4v) is 1.58. The van der Waals surface area contributed by atoms with E-state index in [2.05, 4.69) is 30.6 Å². The van der Waals surface area contributed by atoms with Gasteiger partial charge in [0.1, 0.15) is 5.82 Å². The summed E-state index contributed by atoms with van der Waals surface area (Å²) >= 11 is 2.26. The van der Waals surface area contributed by atoms with Gasteiger partial charge in [-0.1, -0.05) is 0 Å². The zero-order valence-corrected chi connectivity index (χ0v) is 7.08. The molecule has 1 aliphatic carbocycles. The molecule has 9 heavy (non-hydrogen) atoms. The number of halogens is 1. The van der Waals surface area contributed by atoms with Crippen molar-refractivity contribution in [3.63, 3.8) is 0 Å². The van der Waals surface area contributed by atoms with Crippen molar-refractivity contribution < 1.29 is 0 Å². The van der Waals surface area contributed by atoms with Crippen LogP contribution in [0.15, 0.2) is 12.4 Å². The highest BCUT2D eigenvalue weighted by Gasteiger charge is 2.27. The highest BCUT2D eigenvalue weighted by molar-refractivity contribution is 14.1. The summed E-state index contributed by atoms with van der Waals surface area (Å²) in [6.45, 7) is 0. The van der Waals surface area contributed by atoms with E-state index in [-0.39, 0.29) is 0 Å². The normalized spacial score (nSPS) is 18.3. The summed E-state index contributed by atoms with van der Waals surface area (Å²) in [5, 5.41) is 0. The molecule has 0 bridgehead atoms. The smallest absolute Gasteiger partial charge is 0.120 e. The van der Waals surface area contributed by atoms with Gasteiger partial charge in [0.15, 0.2) is 0 Å². The number of aromatic nitrogens is 2. The van der Waals surface area contributed by atoms with Crippen molar-refractivity contribution >= 4 is 22.9 Å². The Bertz CT molecular complexity index is 215. The Morgan fingerprint density at radius 2 is 2.44 bits per heavy atom. The van der Waals surface area contributed by atoms with Crippen LogP contribution in [0.3, 0.4) is 0 Å². The van der Waals surface area contributed by atoms with Gasteiger partial charge in [-0.25, -0.2) is 4.98 Å². The Morgan fingerprint density at radius 1 is 1.67 bits per heavy atom. The second kappa shape index (κ2) is 1.97. The van der Waals surface area contributed by atoms with Gasteiger partial charge in [-0.05, 0) is 12.8 Å². The summed E-state index contributed by atoms with van der Waals surface area (Å²) < 4.78 is 2.08. The Balaban J connectivity index is 2.35. The molecule has 0 spiro atoms. The topological polar surface area (TPSA) is 17.8 Å². The molecule has 0 N–H and O–H groups in total. The lowest BCUT2D eigenvalue weighted by Crippen LogP contribution is -1.86. The maximum absolute atomic E-state index is 4.23. The molecular weight excluding hydrogens is 227 g/mol. The van der Waals surface area contributed by atoms with E-state index in [1.807, 2.05) is 12.4 Å². The first-order chi connectivity index (χ1) is 4.38. The van der Waals surface area contributed by atoms with Gasteiger partial charge < -0.3 is 0 Å². The third-order valence-corrected chi connectivity index (χ3v) is 2.38. The molecule has 1 saturated carbocycles. The molecule has 0 atom stereocenters. The fourth-order valence-electron chi connectivity index (χ4n) is 0.921. The van der Waals surface area contributed by atoms with E-state index in [4.69, 9.17) is 0 Å². The van der Waals surface area contributed by atoms with Gasteiger partial charge in [-0.3, -0.25) is 2.78 Å². The van der Waals surface area contributed by atoms with Gasteiger partial charge in [0.2, 0.25) is 0 Å². The zero-order valence-electron chi connectivity index (χ0n) is 4.92. The SMILES string of the molecule is In1ccnc1C1CC1. The monoisotopic (exact) mass is 234 g/mol. The van der Waals surface area contributed by atoms with Gasteiger partial charge in [-0.15, -0.1) is 0 Å². The summed E-state index contributed by atoms with van der Waals surface area (Å²) in [6, 6.07) is 0. The number of nitrogens with zero attached hydrogens (tertiary/aromatic N) is 2. The van der Waals surface area contributed by atoms with E-state index in [1.54, 1.807) is 0 Å². The van der Waals surface area contributed by atoms with Crippen LogP contribution in [-0.2, 0) is 0 Å². The predicted molar refractivity (Wildman–Crippen MR) is 43.6 cm³/mol. The van der Waals surface area contributed by atoms with Crippen molar-refractivity contribution in [2.45, 2.75) is 18.8 Å². The molecule has 1 aromatic rings. The summed E-state index contributed by atoms with van der Waals surface area (Å²) in [5.41, 5.74) is 0. The highest BCUT2D eigenvalue weighted by atomic mass is 127. The zero-order chi connectivity index (χ0) is 6.27. The van der Waals surface area contributed by atoms with Crippen LogP contribution in [0.25, 0.3) is 0 Å². The summed E-state index contributed by atoms with van der Waals surface area (Å²) in [7, 11) is 0. The van der Waals surface area contributed by atoms with Crippen LogP contribution in [-0.4, -0.2) is 7.76 Å². The molecule has 0 aliphatic heterocycles. The minimum absolute atomic E-state index is 0.775. The van der Waals surface area contributed by atoms with E-state index in [9.17, 15) is 0 Å². The lowest BCUT2D eigenvalue weighted by Gasteiger charge is -1.92. The van der Waals surface area contributed by atoms with Crippen molar-refractivity contribution in [3.05, 3.63) is 18.2 Å². The summed E-state index contributed by atoms with van der Waals surface area (Å²) in [4.78, 5) is 4.23. The van der Waals surface area contributed by atoms with Crippen LogP contribution >= 0.6 is 22.9 Å². The average Bonchev–Trinajstić information content (AvgIpc) is 2.58. The molecule has 0 aromatic carbocycles. The van der Waals surface area contributed by atoms with E-state index < -0.39 is 0 Å². The molecule has 0 unspecified atom stereocenters. The summed E-state index contributed by atoms with van der Waals surface area (Å²) in [5.74, 6) is 2.02. The van der Waals surface area contributed by atoms with Crippen LogP contribution in [0.4, 0.5) is 0 Å². The van der Waals surface area contributed by atoms with E-state index in [1.165, 1.54) is 18.7 Å². The molecule has 3 heteroatoms. The van der Waals surface area contributed by atoms with Gasteiger partial charge >= 0.3 is 0 Å². The highest BCUT2D eigenvalue weighted by Crippen LogP contribution is 2.39. The van der Waals surface area contributed by atoms with Gasteiger partial charge in [0.05, 0.1) is 22.9 Å². The molecule has 0 saturated heterocycles. The third-order valence-electron chi connectivity index (χ3n) is 1.57. The van der Waals surface area contributed by atoms with E-state index in [0.29, 0.717) is 0 Å². The van der Waals surface area contributed by atoms with Gasteiger partial charge in [0.25, 0.3) is 0 Å². The van der Waals surface area contributed by atoms with Crippen molar-refractivity contribution in [2.75, 3.05) is 0 Å². The average molecular weight is 234 g/mol. The number of hydrogen-bond donors (Lipinski definition) is 0. The molecule has 1 fully saturated rings. The molecule has 0 radical (unpaired) electrons. The van der Waals surface area contributed by atoms with E-state index >= 15 is 0 Å². The molecule has 1 aliphatic rings. The van der Waals surface area contributed by atoms with Gasteiger partial charge in [-0.2, -0.15) is 0 Å². The Labute approximate surface area is 67.8 Å². The third kappa shape index (κ3) is 0.976. The lowest BCUT2D eigenvalue weighted by atomic mass is 10.4. The van der Waals surface area contributed by atoms with Crippen molar-refractivity contribution in [2.24, 2.45) is 0 Å². The summed E-state index contributed by atoms with van der Waals surface area (Å²) in [6.07, 6.45) is 6.52. The molecule has 1 aromatic heterocycles. The number of hydrogen-bond acceptors (Lipinski definition) is 1. The largest absolute Gasteiger partial charge is 0.276 e. The molecule has 0 amide bonds. The number of imidazole rings is 1. The maximum Gasteiger partial charge on any atom is 0.120 e. The van der Waals surface area contributed by atoms with Crippen LogP contribution in [0.1, 0.15) is 24.6 Å². The predicted octanol–water partition coefficient (Wildman–Crippen LogP) is 1.96. The Kier molecular flexibility index (Phi) is 1.25. The van der Waals surface area contributed by atoms with E-state index in [0.717, 1.165) is 5.92 Å². The van der Waals surface area contributed by atoms with Crippen molar-refractivity contribution in [1.29, 1.82) is 0 Å². The lowest BCUT2D eigenvalue weighted by molar-refractivity contribution is 0.963. The number of rotatable bonds is 1. The first-order valence-corrected chi connectivity index (χ1v) is 4.04. The molecular formula is C6H7IN2. The molecule has 1 heterocycles. The second-order valence-corrected chi connectivity index (χ2v) is 3.41. The van der Waals surface area contributed by atoms with Crippen LogP contribution < -0.4 is 0 Å². The van der Waals surface area contributed by atoms with Crippen molar-refractivity contribution in [3.8, 4) is 0 Å². The van der Waals surface area contributed by atoms with Crippen LogP contribution in [0.5, 0.6) is 0 Å². The van der Waals surface area contributed by atoms with Crippen molar-refractivity contribution in [1.82, 2.24) is 7.76 Å². The molecule has 2 rings (SSSR count). The molecule has 2 nitrogen and oxygen atoms in total. The first-order valence-electron chi connectivity index (χ1n) is 3.07.